The summed E-state index contributed by atoms with van der Waals surface area (Å²) in [6.45, 7) is 1.92. The molecule has 0 aliphatic carbocycles. The van der Waals surface area contributed by atoms with Gasteiger partial charge >= 0.3 is 0 Å². The van der Waals surface area contributed by atoms with E-state index in [0.717, 1.165) is 4.90 Å². The van der Waals surface area contributed by atoms with Crippen molar-refractivity contribution in [1.29, 1.82) is 0 Å². The van der Waals surface area contributed by atoms with Crippen LogP contribution in [0.3, 0.4) is 0 Å². The van der Waals surface area contributed by atoms with Crippen LogP contribution in [0, 0.1) is 5.82 Å². The number of fused-ring (bicyclic) bond motifs is 1. The van der Waals surface area contributed by atoms with Crippen LogP contribution < -0.4 is 10.0 Å². The molecule has 0 spiro atoms. The Morgan fingerprint density at radius 1 is 1.21 bits per heavy atom. The van der Waals surface area contributed by atoms with Crippen molar-refractivity contribution in [2.45, 2.75) is 28.4 Å². The molecule has 0 radical (unpaired) electrons. The molecular formula is C16H15FN2O3S2. The predicted octanol–water partition coefficient (Wildman–Crippen LogP) is 3.45. The number of benzene rings is 2. The predicted molar refractivity (Wildman–Crippen MR) is 92.2 cm³/mol. The number of amides is 1. The third-order valence-electron chi connectivity index (χ3n) is 3.55. The molecule has 126 valence electrons. The Bertz CT molecular complexity index is 883. The molecule has 0 aromatic heterocycles. The lowest BCUT2D eigenvalue weighted by atomic mass is 10.2. The van der Waals surface area contributed by atoms with E-state index in [4.69, 9.17) is 0 Å². The molecule has 1 atom stereocenters. The Balaban J connectivity index is 1.88. The smallest absolute Gasteiger partial charge is 0.261 e. The molecule has 1 aliphatic rings. The minimum atomic E-state index is -3.83. The van der Waals surface area contributed by atoms with Gasteiger partial charge in [-0.15, -0.1) is 11.8 Å². The van der Waals surface area contributed by atoms with E-state index in [9.17, 15) is 17.6 Å². The average molecular weight is 366 g/mol. The molecule has 0 unspecified atom stereocenters. The lowest BCUT2D eigenvalue weighted by Crippen LogP contribution is -2.28. The SMILES string of the molecule is CC[C@@H]1Sc2ccc(S(=O)(=O)Nc3ccc(F)cc3)cc2NC1=O. The molecule has 8 heteroatoms. The van der Waals surface area contributed by atoms with Crippen LogP contribution in [0.25, 0.3) is 0 Å². The van der Waals surface area contributed by atoms with E-state index in [2.05, 4.69) is 10.0 Å². The number of carbonyl (C=O) groups excluding carboxylic acids is 1. The fraction of sp³-hybridized carbons (Fsp3) is 0.188. The molecular weight excluding hydrogens is 351 g/mol. The lowest BCUT2D eigenvalue weighted by molar-refractivity contribution is -0.115. The second-order valence-corrected chi connectivity index (χ2v) is 8.20. The number of halogens is 1. The summed E-state index contributed by atoms with van der Waals surface area (Å²) in [5.41, 5.74) is 0.746. The number of nitrogens with one attached hydrogen (secondary N) is 2. The van der Waals surface area contributed by atoms with Gasteiger partial charge in [-0.25, -0.2) is 12.8 Å². The summed E-state index contributed by atoms with van der Waals surface area (Å²) in [4.78, 5) is 12.8. The van der Waals surface area contributed by atoms with Crippen molar-refractivity contribution < 1.29 is 17.6 Å². The Morgan fingerprint density at radius 2 is 1.92 bits per heavy atom. The van der Waals surface area contributed by atoms with Gasteiger partial charge in [0.15, 0.2) is 0 Å². The number of hydrogen-bond donors (Lipinski definition) is 2. The zero-order chi connectivity index (χ0) is 17.3. The van der Waals surface area contributed by atoms with E-state index >= 15 is 0 Å². The topological polar surface area (TPSA) is 75.3 Å². The Hall–Kier alpha value is -2.06. The van der Waals surface area contributed by atoms with Crippen LogP contribution in [-0.2, 0) is 14.8 Å². The third-order valence-corrected chi connectivity index (χ3v) is 6.37. The maximum absolute atomic E-state index is 12.9. The number of thioether (sulfide) groups is 1. The van der Waals surface area contributed by atoms with Gasteiger partial charge in [-0.3, -0.25) is 9.52 Å². The summed E-state index contributed by atoms with van der Waals surface area (Å²) < 4.78 is 40.2. The Kier molecular flexibility index (Phi) is 4.51. The second kappa shape index (κ2) is 6.45. The van der Waals surface area contributed by atoms with Gasteiger partial charge in [-0.05, 0) is 48.9 Å². The van der Waals surface area contributed by atoms with Crippen molar-refractivity contribution in [3.8, 4) is 0 Å². The number of hydrogen-bond acceptors (Lipinski definition) is 4. The second-order valence-electron chi connectivity index (χ2n) is 5.27. The Labute approximate surface area is 143 Å². The average Bonchev–Trinajstić information content (AvgIpc) is 2.55. The van der Waals surface area contributed by atoms with Crippen LogP contribution in [-0.4, -0.2) is 19.6 Å². The first-order valence-electron chi connectivity index (χ1n) is 7.29. The highest BCUT2D eigenvalue weighted by atomic mass is 32.2. The van der Waals surface area contributed by atoms with Crippen LogP contribution in [0.5, 0.6) is 0 Å². The van der Waals surface area contributed by atoms with E-state index in [0.29, 0.717) is 12.1 Å². The van der Waals surface area contributed by atoms with E-state index in [1.807, 2.05) is 6.92 Å². The number of carbonyl (C=O) groups is 1. The van der Waals surface area contributed by atoms with E-state index < -0.39 is 15.8 Å². The quantitative estimate of drug-likeness (QED) is 0.869. The number of anilines is 2. The highest BCUT2D eigenvalue weighted by Crippen LogP contribution is 2.38. The summed E-state index contributed by atoms with van der Waals surface area (Å²) in [7, 11) is -3.83. The monoisotopic (exact) mass is 366 g/mol. The standard InChI is InChI=1S/C16H15FN2O3S2/c1-2-14-16(20)18-13-9-12(7-8-15(13)23-14)24(21,22)19-11-5-3-10(17)4-6-11/h3-9,14,19H,2H2,1H3,(H,18,20)/t14-/m0/s1. The van der Waals surface area contributed by atoms with Gasteiger partial charge in [0.25, 0.3) is 10.0 Å². The molecule has 2 aromatic rings. The Morgan fingerprint density at radius 3 is 2.58 bits per heavy atom. The van der Waals surface area contributed by atoms with E-state index in [1.54, 1.807) is 6.07 Å². The largest absolute Gasteiger partial charge is 0.324 e. The van der Waals surface area contributed by atoms with Crippen LogP contribution >= 0.6 is 11.8 Å². The lowest BCUT2D eigenvalue weighted by Gasteiger charge is -2.23. The molecule has 0 fully saturated rings. The molecule has 2 N–H and O–H groups in total. The highest BCUT2D eigenvalue weighted by Gasteiger charge is 2.27. The van der Waals surface area contributed by atoms with Crippen molar-refractivity contribution in [2.75, 3.05) is 10.0 Å². The van der Waals surface area contributed by atoms with Gasteiger partial charge in [0, 0.05) is 10.6 Å². The van der Waals surface area contributed by atoms with Crippen molar-refractivity contribution in [2.24, 2.45) is 0 Å². The van der Waals surface area contributed by atoms with E-state index in [1.165, 1.54) is 48.2 Å². The maximum Gasteiger partial charge on any atom is 0.261 e. The first kappa shape index (κ1) is 16.8. The fourth-order valence-corrected chi connectivity index (χ4v) is 4.40. The summed E-state index contributed by atoms with van der Waals surface area (Å²) in [6, 6.07) is 9.63. The zero-order valence-corrected chi connectivity index (χ0v) is 14.4. The summed E-state index contributed by atoms with van der Waals surface area (Å²) in [6.07, 6.45) is 0.697. The fourth-order valence-electron chi connectivity index (χ4n) is 2.30. The molecule has 0 saturated carbocycles. The van der Waals surface area contributed by atoms with Crippen LogP contribution in [0.15, 0.2) is 52.3 Å². The zero-order valence-electron chi connectivity index (χ0n) is 12.7. The molecule has 0 bridgehead atoms. The number of rotatable bonds is 4. The van der Waals surface area contributed by atoms with Gasteiger partial charge in [0.05, 0.1) is 15.8 Å². The van der Waals surface area contributed by atoms with Gasteiger partial charge in [0.2, 0.25) is 5.91 Å². The van der Waals surface area contributed by atoms with Gasteiger partial charge < -0.3 is 5.32 Å². The molecule has 5 nitrogen and oxygen atoms in total. The first-order valence-corrected chi connectivity index (χ1v) is 9.65. The molecule has 1 heterocycles. The van der Waals surface area contributed by atoms with Crippen molar-refractivity contribution >= 4 is 39.1 Å². The summed E-state index contributed by atoms with van der Waals surface area (Å²) in [5.74, 6) is -0.576. The van der Waals surface area contributed by atoms with E-state index in [-0.39, 0.29) is 21.7 Å². The number of sulfonamides is 1. The normalized spacial score (nSPS) is 17.1. The molecule has 1 aliphatic heterocycles. The minimum absolute atomic E-state index is 0.0291. The van der Waals surface area contributed by atoms with Crippen LogP contribution in [0.2, 0.25) is 0 Å². The maximum atomic E-state index is 12.9. The van der Waals surface area contributed by atoms with Gasteiger partial charge in [-0.1, -0.05) is 6.92 Å². The summed E-state index contributed by atoms with van der Waals surface area (Å²) >= 11 is 1.42. The molecule has 2 aromatic carbocycles. The molecule has 24 heavy (non-hydrogen) atoms. The van der Waals surface area contributed by atoms with Crippen molar-refractivity contribution in [1.82, 2.24) is 0 Å². The van der Waals surface area contributed by atoms with Gasteiger partial charge in [0.1, 0.15) is 5.82 Å². The van der Waals surface area contributed by atoms with Crippen molar-refractivity contribution in [3.05, 3.63) is 48.3 Å². The third kappa shape index (κ3) is 3.39. The minimum Gasteiger partial charge on any atom is -0.324 e. The first-order chi connectivity index (χ1) is 11.4. The van der Waals surface area contributed by atoms with Crippen LogP contribution in [0.1, 0.15) is 13.3 Å². The van der Waals surface area contributed by atoms with Crippen LogP contribution in [0.4, 0.5) is 15.8 Å². The van der Waals surface area contributed by atoms with Crippen molar-refractivity contribution in [3.63, 3.8) is 0 Å². The summed E-state index contributed by atoms with van der Waals surface area (Å²) in [5, 5.41) is 2.57. The molecule has 0 saturated heterocycles. The van der Waals surface area contributed by atoms with Gasteiger partial charge in [-0.2, -0.15) is 0 Å². The molecule has 3 rings (SSSR count). The highest BCUT2D eigenvalue weighted by molar-refractivity contribution is 8.01. The molecule has 1 amide bonds.